The zero-order valence-corrected chi connectivity index (χ0v) is 11.7. The number of halogens is 1. The molecule has 4 N–H and O–H groups in total. The molecular formula is C13H15ClN6. The Kier molecular flexibility index (Phi) is 5.61. The first kappa shape index (κ1) is 15.6. The van der Waals surface area contributed by atoms with Gasteiger partial charge in [-0.25, -0.2) is 0 Å². The van der Waals surface area contributed by atoms with Crippen LogP contribution in [-0.4, -0.2) is 21.9 Å². The molecule has 0 amide bonds. The van der Waals surface area contributed by atoms with Crippen LogP contribution in [0.1, 0.15) is 17.0 Å². The van der Waals surface area contributed by atoms with Gasteiger partial charge in [0.15, 0.2) is 0 Å². The molecule has 0 aliphatic carbocycles. The van der Waals surface area contributed by atoms with Crippen molar-refractivity contribution in [3.05, 3.63) is 59.4 Å². The minimum absolute atomic E-state index is 0. The molecule has 1 heterocycles. The van der Waals surface area contributed by atoms with Crippen LogP contribution in [0.2, 0.25) is 0 Å². The van der Waals surface area contributed by atoms with E-state index in [1.165, 1.54) is 0 Å². The van der Waals surface area contributed by atoms with Gasteiger partial charge in [0.05, 0.1) is 5.69 Å². The summed E-state index contributed by atoms with van der Waals surface area (Å²) in [4.78, 5) is 0. The maximum absolute atomic E-state index is 5.31. The van der Waals surface area contributed by atoms with E-state index in [0.717, 1.165) is 11.3 Å². The first-order valence-electron chi connectivity index (χ1n) is 5.69. The molecule has 0 saturated carbocycles. The zero-order valence-electron chi connectivity index (χ0n) is 10.9. The Morgan fingerprint density at radius 3 is 2.20 bits per heavy atom. The van der Waals surface area contributed by atoms with Crippen LogP contribution >= 0.6 is 12.4 Å². The van der Waals surface area contributed by atoms with E-state index in [-0.39, 0.29) is 18.4 Å². The van der Waals surface area contributed by atoms with Crippen molar-refractivity contribution in [2.75, 3.05) is 0 Å². The number of hydrogen-bond acceptors (Lipinski definition) is 4. The minimum Gasteiger partial charge on any atom is -0.369 e. The molecule has 0 aliphatic heterocycles. The molecule has 2 aromatic rings. The molecular weight excluding hydrogens is 276 g/mol. The number of aromatic nitrogens is 2. The number of aryl methyl sites for hydroxylation is 1. The molecule has 7 heteroatoms. The number of nitrogens with two attached hydrogens (primary N) is 2. The van der Waals surface area contributed by atoms with Gasteiger partial charge in [0.1, 0.15) is 11.4 Å². The summed E-state index contributed by atoms with van der Waals surface area (Å²) < 4.78 is 0. The Hall–Kier alpha value is -2.47. The van der Waals surface area contributed by atoms with E-state index in [1.54, 1.807) is 0 Å². The Balaban J connectivity index is 0.00000200. The summed E-state index contributed by atoms with van der Waals surface area (Å²) in [5.74, 6) is -0.103. The molecule has 1 aromatic carbocycles. The highest BCUT2D eigenvalue weighted by atomic mass is 35.5. The summed E-state index contributed by atoms with van der Waals surface area (Å²) in [6.07, 6.45) is 0. The summed E-state index contributed by atoms with van der Waals surface area (Å²) in [5, 5.41) is 15.9. The third-order valence-electron chi connectivity index (χ3n) is 2.35. The van der Waals surface area contributed by atoms with Crippen molar-refractivity contribution in [1.29, 1.82) is 0 Å². The maximum Gasteiger partial charge on any atom is 0.211 e. The molecule has 2 rings (SSSR count). The van der Waals surface area contributed by atoms with Crippen LogP contribution < -0.4 is 11.5 Å². The molecule has 0 atom stereocenters. The minimum atomic E-state index is -0.103. The summed E-state index contributed by atoms with van der Waals surface area (Å²) in [6, 6.07) is 13.2. The van der Waals surface area contributed by atoms with E-state index in [0.29, 0.717) is 11.4 Å². The van der Waals surface area contributed by atoms with Crippen molar-refractivity contribution < 1.29 is 0 Å². The average Bonchev–Trinajstić information content (AvgIpc) is 2.42. The van der Waals surface area contributed by atoms with Crippen LogP contribution in [0.5, 0.6) is 0 Å². The fraction of sp³-hybridized carbons (Fsp3) is 0.0769. The number of rotatable bonds is 3. The second kappa shape index (κ2) is 7.20. The lowest BCUT2D eigenvalue weighted by Gasteiger charge is -2.04. The summed E-state index contributed by atoms with van der Waals surface area (Å²) in [6.45, 7) is 1.87. The standard InChI is InChI=1S/C13H14N6.ClH/c1-9-7-8-11(17-16-9)12(18-19-13(14)15)10-5-3-2-4-6-10;/h2-8H,1H3,(H4,14,15,19);1H/b18-12-;. The van der Waals surface area contributed by atoms with Gasteiger partial charge in [-0.2, -0.15) is 5.10 Å². The van der Waals surface area contributed by atoms with Gasteiger partial charge in [-0.15, -0.1) is 27.7 Å². The maximum atomic E-state index is 5.31. The molecule has 104 valence electrons. The number of nitrogens with zero attached hydrogens (tertiary/aromatic N) is 4. The second-order valence-electron chi connectivity index (χ2n) is 3.90. The van der Waals surface area contributed by atoms with Crippen molar-refractivity contribution in [2.24, 2.45) is 21.7 Å². The van der Waals surface area contributed by atoms with E-state index < -0.39 is 0 Å². The van der Waals surface area contributed by atoms with Crippen LogP contribution in [0.25, 0.3) is 0 Å². The van der Waals surface area contributed by atoms with Crippen LogP contribution in [0, 0.1) is 6.92 Å². The smallest absolute Gasteiger partial charge is 0.211 e. The predicted molar refractivity (Wildman–Crippen MR) is 81.9 cm³/mol. The van der Waals surface area contributed by atoms with E-state index in [2.05, 4.69) is 20.4 Å². The van der Waals surface area contributed by atoms with Crippen molar-refractivity contribution in [3.63, 3.8) is 0 Å². The number of hydrogen-bond donors (Lipinski definition) is 2. The summed E-state index contributed by atoms with van der Waals surface area (Å²) >= 11 is 0. The fourth-order valence-corrected chi connectivity index (χ4v) is 1.49. The quantitative estimate of drug-likeness (QED) is 0.504. The molecule has 0 bridgehead atoms. The van der Waals surface area contributed by atoms with Crippen LogP contribution in [0.4, 0.5) is 0 Å². The first-order chi connectivity index (χ1) is 9.16. The molecule has 6 nitrogen and oxygen atoms in total. The zero-order chi connectivity index (χ0) is 13.7. The number of guanidine groups is 1. The van der Waals surface area contributed by atoms with Gasteiger partial charge in [0, 0.05) is 5.56 Å². The Morgan fingerprint density at radius 2 is 1.65 bits per heavy atom. The summed E-state index contributed by atoms with van der Waals surface area (Å²) in [7, 11) is 0. The lowest BCUT2D eigenvalue weighted by atomic mass is 10.1. The molecule has 0 spiro atoms. The average molecular weight is 291 g/mol. The third kappa shape index (κ3) is 4.03. The SMILES string of the molecule is Cc1ccc(/C(=N\N=C(N)N)c2ccccc2)nn1.Cl. The number of benzene rings is 1. The molecule has 0 fully saturated rings. The Labute approximate surface area is 123 Å². The van der Waals surface area contributed by atoms with Crippen LogP contribution in [-0.2, 0) is 0 Å². The van der Waals surface area contributed by atoms with Gasteiger partial charge < -0.3 is 11.5 Å². The fourth-order valence-electron chi connectivity index (χ4n) is 1.49. The predicted octanol–water partition coefficient (Wildman–Crippen LogP) is 1.23. The van der Waals surface area contributed by atoms with Crippen molar-refractivity contribution in [3.8, 4) is 0 Å². The van der Waals surface area contributed by atoms with Crippen molar-refractivity contribution in [2.45, 2.75) is 6.92 Å². The van der Waals surface area contributed by atoms with Crippen molar-refractivity contribution >= 4 is 24.1 Å². The lowest BCUT2D eigenvalue weighted by Crippen LogP contribution is -2.22. The monoisotopic (exact) mass is 290 g/mol. The third-order valence-corrected chi connectivity index (χ3v) is 2.35. The highest BCUT2D eigenvalue weighted by molar-refractivity contribution is 6.11. The van der Waals surface area contributed by atoms with Gasteiger partial charge in [-0.1, -0.05) is 30.3 Å². The van der Waals surface area contributed by atoms with Gasteiger partial charge in [0.2, 0.25) is 5.96 Å². The summed E-state index contributed by atoms with van der Waals surface area (Å²) in [5.41, 5.74) is 13.5. The molecule has 20 heavy (non-hydrogen) atoms. The first-order valence-corrected chi connectivity index (χ1v) is 5.69. The Bertz CT molecular complexity index is 603. The topological polar surface area (TPSA) is 103 Å². The van der Waals surface area contributed by atoms with Gasteiger partial charge in [0.25, 0.3) is 0 Å². The van der Waals surface area contributed by atoms with E-state index >= 15 is 0 Å². The Morgan fingerprint density at radius 1 is 0.950 bits per heavy atom. The van der Waals surface area contributed by atoms with E-state index in [1.807, 2.05) is 49.4 Å². The van der Waals surface area contributed by atoms with Gasteiger partial charge >= 0.3 is 0 Å². The van der Waals surface area contributed by atoms with Gasteiger partial charge in [-0.3, -0.25) is 0 Å². The second-order valence-corrected chi connectivity index (χ2v) is 3.90. The largest absolute Gasteiger partial charge is 0.369 e. The van der Waals surface area contributed by atoms with E-state index in [9.17, 15) is 0 Å². The molecule has 0 saturated heterocycles. The molecule has 0 aliphatic rings. The van der Waals surface area contributed by atoms with Crippen LogP contribution in [0.3, 0.4) is 0 Å². The lowest BCUT2D eigenvalue weighted by molar-refractivity contribution is 0.967. The van der Waals surface area contributed by atoms with Crippen LogP contribution in [0.15, 0.2) is 52.7 Å². The normalized spacial score (nSPS) is 10.6. The van der Waals surface area contributed by atoms with Gasteiger partial charge in [-0.05, 0) is 19.1 Å². The molecule has 0 unspecified atom stereocenters. The molecule has 1 aromatic heterocycles. The molecule has 0 radical (unpaired) electrons. The highest BCUT2D eigenvalue weighted by Gasteiger charge is 2.08. The highest BCUT2D eigenvalue weighted by Crippen LogP contribution is 2.09. The van der Waals surface area contributed by atoms with E-state index in [4.69, 9.17) is 11.5 Å². The van der Waals surface area contributed by atoms with Crippen molar-refractivity contribution in [1.82, 2.24) is 10.2 Å².